The van der Waals surface area contributed by atoms with E-state index >= 15 is 0 Å². The summed E-state index contributed by atoms with van der Waals surface area (Å²) in [4.78, 5) is 33.2. The predicted molar refractivity (Wildman–Crippen MR) is 114 cm³/mol. The first kappa shape index (κ1) is 22.5. The normalized spacial score (nSPS) is 10.3. The fourth-order valence-electron chi connectivity index (χ4n) is 2.36. The van der Waals surface area contributed by atoms with Crippen LogP contribution >= 0.6 is 34.5 Å². The maximum atomic E-state index is 12.1. The summed E-state index contributed by atoms with van der Waals surface area (Å²) in [5, 5.41) is 13.1. The Balaban J connectivity index is 0.000000941. The Labute approximate surface area is 181 Å². The predicted octanol–water partition coefficient (Wildman–Crippen LogP) is 5.45. The number of aliphatic imine (C=N–C) groups is 1. The van der Waals surface area contributed by atoms with Crippen molar-refractivity contribution in [2.45, 2.75) is 6.92 Å². The molecule has 0 saturated heterocycles. The zero-order valence-corrected chi connectivity index (χ0v) is 17.5. The fraction of sp³-hybridized carbons (Fsp3) is 0.0952. The molecule has 2 aromatic carbocycles. The topological polar surface area (TPSA) is 83.8 Å². The van der Waals surface area contributed by atoms with Crippen LogP contribution in [0.15, 0.2) is 52.8 Å². The number of ketones is 1. The SMILES string of the molecule is Cc1ccc(C(=O)CN=Cc2csc(-c3ccc(Cl)c(Cl)c3)c2O)cc1.O=C=O. The Bertz CT molecular complexity index is 1070. The van der Waals surface area contributed by atoms with Crippen LogP contribution < -0.4 is 0 Å². The van der Waals surface area contributed by atoms with Gasteiger partial charge >= 0.3 is 6.15 Å². The van der Waals surface area contributed by atoms with Crippen molar-refractivity contribution in [3.05, 3.63) is 74.6 Å². The van der Waals surface area contributed by atoms with Crippen molar-refractivity contribution in [2.24, 2.45) is 4.99 Å². The first-order valence-corrected chi connectivity index (χ1v) is 9.85. The minimum absolute atomic E-state index is 0.0282. The van der Waals surface area contributed by atoms with E-state index in [1.165, 1.54) is 17.6 Å². The van der Waals surface area contributed by atoms with Crippen molar-refractivity contribution < 1.29 is 19.5 Å². The Morgan fingerprint density at radius 3 is 2.41 bits per heavy atom. The number of aromatic hydroxyl groups is 1. The van der Waals surface area contributed by atoms with E-state index in [4.69, 9.17) is 32.8 Å². The molecule has 8 heteroatoms. The summed E-state index contributed by atoms with van der Waals surface area (Å²) in [6.45, 7) is 2.00. The average Bonchev–Trinajstić information content (AvgIpc) is 3.06. The van der Waals surface area contributed by atoms with E-state index in [1.807, 2.05) is 19.1 Å². The number of Topliss-reactive ketones (excluding diaryl/α,β-unsaturated/α-hetero) is 1. The number of nitrogens with zero attached hydrogens (tertiary/aromatic N) is 1. The number of rotatable bonds is 5. The van der Waals surface area contributed by atoms with Gasteiger partial charge in [0.05, 0.1) is 14.9 Å². The van der Waals surface area contributed by atoms with Gasteiger partial charge in [0.2, 0.25) is 0 Å². The molecule has 1 aromatic heterocycles. The van der Waals surface area contributed by atoms with Crippen LogP contribution in [0.2, 0.25) is 10.0 Å². The van der Waals surface area contributed by atoms with Gasteiger partial charge < -0.3 is 5.11 Å². The lowest BCUT2D eigenvalue weighted by atomic mass is 10.1. The number of hydrogen-bond donors (Lipinski definition) is 1. The third kappa shape index (κ3) is 6.11. The minimum atomic E-state index is -0.0688. The standard InChI is InChI=1S/C20H15Cl2NO2S.CO2/c1-12-2-4-13(5-3-12)18(24)10-23-9-15-11-26-20(19(15)25)14-6-7-16(21)17(22)8-14;2-1-3/h2-9,11,25H,10H2,1H3;. The van der Waals surface area contributed by atoms with Crippen molar-refractivity contribution in [1.82, 2.24) is 0 Å². The third-order valence-electron chi connectivity index (χ3n) is 3.81. The van der Waals surface area contributed by atoms with Crippen LogP contribution in [0, 0.1) is 6.92 Å². The second kappa shape index (κ2) is 10.7. The van der Waals surface area contributed by atoms with Gasteiger partial charge in [0.1, 0.15) is 12.3 Å². The van der Waals surface area contributed by atoms with Crippen LogP contribution in [-0.2, 0) is 9.59 Å². The lowest BCUT2D eigenvalue weighted by molar-refractivity contribution is -0.191. The van der Waals surface area contributed by atoms with E-state index in [0.29, 0.717) is 26.0 Å². The number of hydrogen-bond acceptors (Lipinski definition) is 6. The molecule has 0 fully saturated rings. The van der Waals surface area contributed by atoms with Gasteiger partial charge in [-0.1, -0.05) is 59.1 Å². The molecule has 0 aliphatic heterocycles. The molecule has 0 bridgehead atoms. The molecule has 0 atom stereocenters. The lowest BCUT2D eigenvalue weighted by Gasteiger charge is -2.02. The smallest absolute Gasteiger partial charge is 0.373 e. The highest BCUT2D eigenvalue weighted by molar-refractivity contribution is 7.14. The van der Waals surface area contributed by atoms with Crippen LogP contribution in [0.5, 0.6) is 5.75 Å². The van der Waals surface area contributed by atoms with Gasteiger partial charge in [-0.25, -0.2) is 0 Å². The highest BCUT2D eigenvalue weighted by Gasteiger charge is 2.12. The second-order valence-corrected chi connectivity index (χ2v) is 7.53. The molecule has 3 rings (SSSR count). The molecular weight excluding hydrogens is 433 g/mol. The minimum Gasteiger partial charge on any atom is -0.506 e. The molecule has 1 N–H and O–H groups in total. The molecule has 148 valence electrons. The maximum absolute atomic E-state index is 12.1. The summed E-state index contributed by atoms with van der Waals surface area (Å²) in [7, 11) is 0. The zero-order chi connectivity index (χ0) is 21.4. The Morgan fingerprint density at radius 2 is 1.79 bits per heavy atom. The van der Waals surface area contributed by atoms with Crippen LogP contribution in [0.25, 0.3) is 10.4 Å². The molecule has 0 spiro atoms. The summed E-state index contributed by atoms with van der Waals surface area (Å²) in [6, 6.07) is 12.6. The molecule has 0 aliphatic carbocycles. The molecule has 5 nitrogen and oxygen atoms in total. The largest absolute Gasteiger partial charge is 0.506 e. The van der Waals surface area contributed by atoms with E-state index in [9.17, 15) is 9.90 Å². The Kier molecular flexibility index (Phi) is 8.31. The molecule has 3 aromatic rings. The van der Waals surface area contributed by atoms with Crippen molar-refractivity contribution in [3.8, 4) is 16.2 Å². The highest BCUT2D eigenvalue weighted by Crippen LogP contribution is 2.39. The molecule has 0 radical (unpaired) electrons. The Hall–Kier alpha value is -2.76. The molecule has 29 heavy (non-hydrogen) atoms. The van der Waals surface area contributed by atoms with E-state index < -0.39 is 0 Å². The van der Waals surface area contributed by atoms with Crippen molar-refractivity contribution >= 4 is 52.7 Å². The summed E-state index contributed by atoms with van der Waals surface area (Å²) in [5.41, 5.74) is 3.06. The summed E-state index contributed by atoms with van der Waals surface area (Å²) >= 11 is 13.3. The lowest BCUT2D eigenvalue weighted by Crippen LogP contribution is -2.03. The van der Waals surface area contributed by atoms with Crippen molar-refractivity contribution in [3.63, 3.8) is 0 Å². The van der Waals surface area contributed by atoms with Crippen LogP contribution in [-0.4, -0.2) is 29.8 Å². The zero-order valence-electron chi connectivity index (χ0n) is 15.2. The third-order valence-corrected chi connectivity index (χ3v) is 5.59. The van der Waals surface area contributed by atoms with Gasteiger partial charge in [0.25, 0.3) is 0 Å². The van der Waals surface area contributed by atoms with Gasteiger partial charge in [-0.15, -0.1) is 11.3 Å². The first-order valence-electron chi connectivity index (χ1n) is 8.22. The van der Waals surface area contributed by atoms with E-state index in [0.717, 1.165) is 11.1 Å². The number of halogens is 2. The maximum Gasteiger partial charge on any atom is 0.373 e. The fourth-order valence-corrected chi connectivity index (χ4v) is 3.56. The van der Waals surface area contributed by atoms with Gasteiger partial charge in [0, 0.05) is 22.7 Å². The van der Waals surface area contributed by atoms with Gasteiger partial charge in [-0.3, -0.25) is 9.79 Å². The first-order chi connectivity index (χ1) is 13.9. The number of benzene rings is 2. The highest BCUT2D eigenvalue weighted by atomic mass is 35.5. The number of aryl methyl sites for hydroxylation is 1. The van der Waals surface area contributed by atoms with E-state index in [1.54, 1.807) is 35.7 Å². The summed E-state index contributed by atoms with van der Waals surface area (Å²) in [6.07, 6.45) is 1.76. The summed E-state index contributed by atoms with van der Waals surface area (Å²) < 4.78 is 0. The van der Waals surface area contributed by atoms with Crippen LogP contribution in [0.3, 0.4) is 0 Å². The van der Waals surface area contributed by atoms with Crippen molar-refractivity contribution in [2.75, 3.05) is 6.54 Å². The number of carbonyl (C=O) groups excluding carboxylic acids is 3. The van der Waals surface area contributed by atoms with Crippen LogP contribution in [0.4, 0.5) is 0 Å². The average molecular weight is 448 g/mol. The summed E-state index contributed by atoms with van der Waals surface area (Å²) in [5.74, 6) is 0.0422. The van der Waals surface area contributed by atoms with E-state index in [-0.39, 0.29) is 24.2 Å². The van der Waals surface area contributed by atoms with Crippen LogP contribution in [0.1, 0.15) is 21.5 Å². The quantitative estimate of drug-likeness (QED) is 0.415. The number of thiophene rings is 1. The van der Waals surface area contributed by atoms with Crippen molar-refractivity contribution in [1.29, 1.82) is 0 Å². The Morgan fingerprint density at radius 1 is 1.14 bits per heavy atom. The van der Waals surface area contributed by atoms with Gasteiger partial charge in [-0.05, 0) is 24.6 Å². The molecule has 0 unspecified atom stereocenters. The monoisotopic (exact) mass is 447 g/mol. The van der Waals surface area contributed by atoms with E-state index in [2.05, 4.69) is 4.99 Å². The molecule has 0 amide bonds. The second-order valence-electron chi connectivity index (χ2n) is 5.84. The molecule has 1 heterocycles. The molecular formula is C21H15Cl2NO4S. The van der Waals surface area contributed by atoms with Gasteiger partial charge in [-0.2, -0.15) is 9.59 Å². The molecule has 0 saturated carbocycles. The number of carbonyl (C=O) groups is 1. The molecule has 0 aliphatic rings. The van der Waals surface area contributed by atoms with Gasteiger partial charge in [0.15, 0.2) is 5.78 Å².